The monoisotopic (exact) mass is 283 g/mol. The van der Waals surface area contributed by atoms with Gasteiger partial charge < -0.3 is 15.2 Å². The molecule has 1 aromatic rings. The molecule has 0 amide bonds. The Hall–Kier alpha value is -1.83. The zero-order chi connectivity index (χ0) is 13.8. The Balaban J connectivity index is 2.10. The summed E-state index contributed by atoms with van der Waals surface area (Å²) in [6.07, 6.45) is 1.93. The van der Waals surface area contributed by atoms with Crippen LogP contribution in [0.1, 0.15) is 23.7 Å². The number of nitrogens with zero attached hydrogens (tertiary/aromatic N) is 2. The average molecular weight is 283 g/mol. The molecular weight excluding hydrogens is 270 g/mol. The van der Waals surface area contributed by atoms with Crippen molar-refractivity contribution in [3.8, 4) is 0 Å². The number of ether oxygens (including phenoxy) is 2. The second-order valence-corrected chi connectivity index (χ2v) is 4.90. The lowest BCUT2D eigenvalue weighted by atomic mass is 10.3. The van der Waals surface area contributed by atoms with Crippen LogP contribution in [0.15, 0.2) is 11.4 Å². The lowest BCUT2D eigenvalue weighted by molar-refractivity contribution is -0.137. The molecule has 1 aliphatic rings. The van der Waals surface area contributed by atoms with Gasteiger partial charge in [-0.25, -0.2) is 14.8 Å². The highest BCUT2D eigenvalue weighted by molar-refractivity contribution is 8.00. The van der Waals surface area contributed by atoms with Crippen LogP contribution in [0.25, 0.3) is 0 Å². The van der Waals surface area contributed by atoms with E-state index in [2.05, 4.69) is 9.97 Å². The number of nitrogen functional groups attached to an aromatic ring is 1. The molecule has 0 saturated carbocycles. The van der Waals surface area contributed by atoms with Gasteiger partial charge in [-0.15, -0.1) is 0 Å². The van der Waals surface area contributed by atoms with Crippen molar-refractivity contribution in [3.63, 3.8) is 0 Å². The smallest absolute Gasteiger partial charge is 0.343 e. The third kappa shape index (κ3) is 3.14. The molecule has 8 heteroatoms. The summed E-state index contributed by atoms with van der Waals surface area (Å²) in [5.41, 5.74) is 5.81. The van der Waals surface area contributed by atoms with Gasteiger partial charge in [0.05, 0.1) is 13.2 Å². The van der Waals surface area contributed by atoms with E-state index in [9.17, 15) is 9.59 Å². The summed E-state index contributed by atoms with van der Waals surface area (Å²) in [7, 11) is 0. The number of hydrogen-bond acceptors (Lipinski definition) is 8. The molecule has 0 spiro atoms. The molecule has 2 rings (SSSR count). The van der Waals surface area contributed by atoms with E-state index in [0.717, 1.165) is 0 Å². The molecule has 2 N–H and O–H groups in total. The lowest BCUT2D eigenvalue weighted by Gasteiger charge is -2.07. The quantitative estimate of drug-likeness (QED) is 0.634. The van der Waals surface area contributed by atoms with Crippen molar-refractivity contribution in [2.75, 3.05) is 18.9 Å². The topological polar surface area (TPSA) is 104 Å². The fourth-order valence-electron chi connectivity index (χ4n) is 1.51. The van der Waals surface area contributed by atoms with E-state index in [1.54, 1.807) is 6.92 Å². The standard InChI is InChI=1S/C11H13N3O4S/c1-2-17-9(15)6-5-13-11(14-8(6)12)19-7-3-4-18-10(7)16/h5,7H,2-4H2,1H3,(H2,12,13,14). The van der Waals surface area contributed by atoms with Gasteiger partial charge in [-0.05, 0) is 6.92 Å². The van der Waals surface area contributed by atoms with Crippen molar-refractivity contribution in [1.29, 1.82) is 0 Å². The first-order valence-electron chi connectivity index (χ1n) is 5.74. The predicted octanol–water partition coefficient (Wildman–Crippen LogP) is 0.643. The minimum atomic E-state index is -0.558. The van der Waals surface area contributed by atoms with Crippen LogP contribution in [0.5, 0.6) is 0 Å². The van der Waals surface area contributed by atoms with Crippen molar-refractivity contribution < 1.29 is 19.1 Å². The largest absolute Gasteiger partial charge is 0.465 e. The maximum atomic E-state index is 11.5. The minimum absolute atomic E-state index is 0.0438. The molecule has 1 unspecified atom stereocenters. The molecular formula is C11H13N3O4S. The Morgan fingerprint density at radius 1 is 1.68 bits per heavy atom. The summed E-state index contributed by atoms with van der Waals surface area (Å²) in [5, 5.41) is 0.0299. The number of anilines is 1. The van der Waals surface area contributed by atoms with E-state index in [4.69, 9.17) is 15.2 Å². The van der Waals surface area contributed by atoms with Gasteiger partial charge in [-0.3, -0.25) is 4.79 Å². The third-order valence-electron chi connectivity index (χ3n) is 2.43. The van der Waals surface area contributed by atoms with E-state index in [-0.39, 0.29) is 29.2 Å². The van der Waals surface area contributed by atoms with Crippen molar-refractivity contribution in [2.24, 2.45) is 0 Å². The molecule has 0 bridgehead atoms. The summed E-state index contributed by atoms with van der Waals surface area (Å²) in [5.74, 6) is -0.791. The first kappa shape index (κ1) is 13.6. The van der Waals surface area contributed by atoms with Crippen LogP contribution in [0.4, 0.5) is 5.82 Å². The van der Waals surface area contributed by atoms with Gasteiger partial charge >= 0.3 is 11.9 Å². The molecule has 7 nitrogen and oxygen atoms in total. The Labute approximate surface area is 113 Å². The first-order chi connectivity index (χ1) is 9.11. The molecule has 1 saturated heterocycles. The normalized spacial score (nSPS) is 18.2. The fourth-order valence-corrected chi connectivity index (χ4v) is 2.41. The van der Waals surface area contributed by atoms with Gasteiger partial charge in [0.25, 0.3) is 0 Å². The van der Waals surface area contributed by atoms with Crippen LogP contribution in [0.2, 0.25) is 0 Å². The molecule has 2 heterocycles. The van der Waals surface area contributed by atoms with Gasteiger partial charge in [-0.1, -0.05) is 11.8 Å². The van der Waals surface area contributed by atoms with Crippen LogP contribution in [-0.2, 0) is 14.3 Å². The predicted molar refractivity (Wildman–Crippen MR) is 67.6 cm³/mol. The van der Waals surface area contributed by atoms with Gasteiger partial charge in [0.1, 0.15) is 16.6 Å². The summed E-state index contributed by atoms with van der Waals surface area (Å²) < 4.78 is 9.66. The number of cyclic esters (lactones) is 1. The number of rotatable bonds is 4. The lowest BCUT2D eigenvalue weighted by Crippen LogP contribution is -2.13. The molecule has 1 aliphatic heterocycles. The molecule has 0 radical (unpaired) electrons. The van der Waals surface area contributed by atoms with Crippen molar-refractivity contribution in [3.05, 3.63) is 11.8 Å². The summed E-state index contributed by atoms with van der Waals surface area (Å²) in [4.78, 5) is 30.8. The molecule has 0 aliphatic carbocycles. The molecule has 1 aromatic heterocycles. The van der Waals surface area contributed by atoms with E-state index >= 15 is 0 Å². The second kappa shape index (κ2) is 5.87. The zero-order valence-corrected chi connectivity index (χ0v) is 11.1. The highest BCUT2D eigenvalue weighted by Gasteiger charge is 2.28. The van der Waals surface area contributed by atoms with Crippen LogP contribution in [0, 0.1) is 0 Å². The van der Waals surface area contributed by atoms with E-state index in [1.807, 2.05) is 0 Å². The Bertz CT molecular complexity index is 509. The zero-order valence-electron chi connectivity index (χ0n) is 10.3. The molecule has 1 fully saturated rings. The fraction of sp³-hybridized carbons (Fsp3) is 0.455. The second-order valence-electron chi connectivity index (χ2n) is 3.73. The maximum absolute atomic E-state index is 11.5. The number of hydrogen-bond donors (Lipinski definition) is 1. The molecule has 19 heavy (non-hydrogen) atoms. The number of thioether (sulfide) groups is 1. The minimum Gasteiger partial charge on any atom is -0.465 e. The van der Waals surface area contributed by atoms with Crippen molar-refractivity contribution in [2.45, 2.75) is 23.8 Å². The number of esters is 2. The Morgan fingerprint density at radius 3 is 3.05 bits per heavy atom. The SMILES string of the molecule is CCOC(=O)c1cnc(SC2CCOC2=O)nc1N. The van der Waals surface area contributed by atoms with Crippen LogP contribution in [0.3, 0.4) is 0 Å². The first-order valence-corrected chi connectivity index (χ1v) is 6.62. The summed E-state index contributed by atoms with van der Waals surface area (Å²) in [6.45, 7) is 2.36. The van der Waals surface area contributed by atoms with E-state index in [1.165, 1.54) is 18.0 Å². The number of carbonyl (C=O) groups excluding carboxylic acids is 2. The third-order valence-corrected chi connectivity index (χ3v) is 3.55. The summed E-state index contributed by atoms with van der Waals surface area (Å²) >= 11 is 1.18. The molecule has 0 aromatic carbocycles. The Morgan fingerprint density at radius 2 is 2.47 bits per heavy atom. The maximum Gasteiger partial charge on any atom is 0.343 e. The van der Waals surface area contributed by atoms with Gasteiger partial charge in [-0.2, -0.15) is 0 Å². The van der Waals surface area contributed by atoms with Gasteiger partial charge in [0, 0.05) is 12.6 Å². The number of aromatic nitrogens is 2. The van der Waals surface area contributed by atoms with Crippen molar-refractivity contribution >= 4 is 29.5 Å². The number of nitrogens with two attached hydrogens (primary N) is 1. The highest BCUT2D eigenvalue weighted by Crippen LogP contribution is 2.27. The van der Waals surface area contributed by atoms with Crippen LogP contribution < -0.4 is 5.73 Å². The van der Waals surface area contributed by atoms with E-state index < -0.39 is 5.97 Å². The highest BCUT2D eigenvalue weighted by atomic mass is 32.2. The molecule has 102 valence electrons. The average Bonchev–Trinajstić information content (AvgIpc) is 2.75. The van der Waals surface area contributed by atoms with Gasteiger partial charge in [0.2, 0.25) is 0 Å². The van der Waals surface area contributed by atoms with Crippen LogP contribution >= 0.6 is 11.8 Å². The van der Waals surface area contributed by atoms with Crippen molar-refractivity contribution in [1.82, 2.24) is 9.97 Å². The Kier molecular flexibility index (Phi) is 4.20. The number of carbonyl (C=O) groups is 2. The molecule has 1 atom stereocenters. The van der Waals surface area contributed by atoms with E-state index in [0.29, 0.717) is 18.2 Å². The summed E-state index contributed by atoms with van der Waals surface area (Å²) in [6, 6.07) is 0. The van der Waals surface area contributed by atoms with Crippen LogP contribution in [-0.4, -0.2) is 40.4 Å². The van der Waals surface area contributed by atoms with Gasteiger partial charge in [0.15, 0.2) is 5.16 Å².